The van der Waals surface area contributed by atoms with E-state index in [9.17, 15) is 8.78 Å². The van der Waals surface area contributed by atoms with Gasteiger partial charge in [-0.2, -0.15) is 0 Å². The summed E-state index contributed by atoms with van der Waals surface area (Å²) in [5.41, 5.74) is 7.45. The second kappa shape index (κ2) is 7.24. The smallest absolute Gasteiger partial charge is 0.189 e. The van der Waals surface area contributed by atoms with Crippen molar-refractivity contribution in [3.05, 3.63) is 54.4 Å². The molecular formula is C18H14F2N6OS. The Morgan fingerprint density at radius 3 is 2.54 bits per heavy atom. The minimum Gasteiger partial charge on any atom is -0.497 e. The Labute approximate surface area is 162 Å². The Kier molecular flexibility index (Phi) is 4.62. The van der Waals surface area contributed by atoms with E-state index in [0.717, 1.165) is 28.1 Å². The molecule has 2 aromatic carbocycles. The van der Waals surface area contributed by atoms with E-state index in [1.54, 1.807) is 7.11 Å². The molecule has 2 heterocycles. The van der Waals surface area contributed by atoms with Gasteiger partial charge in [0.25, 0.3) is 0 Å². The molecule has 0 bridgehead atoms. The number of nitrogens with two attached hydrogens (primary N) is 1. The van der Waals surface area contributed by atoms with Crippen LogP contribution in [0.25, 0.3) is 10.2 Å². The largest absolute Gasteiger partial charge is 0.497 e. The predicted molar refractivity (Wildman–Crippen MR) is 106 cm³/mol. The lowest BCUT2D eigenvalue weighted by Crippen LogP contribution is -2.05. The fourth-order valence-corrected chi connectivity index (χ4v) is 3.39. The zero-order valence-corrected chi connectivity index (χ0v) is 15.3. The fourth-order valence-electron chi connectivity index (χ4n) is 2.49. The molecule has 0 saturated heterocycles. The number of nitrogen functional groups attached to an aromatic ring is 1. The third kappa shape index (κ3) is 3.49. The highest BCUT2D eigenvalue weighted by Crippen LogP contribution is 2.33. The molecule has 2 aromatic heterocycles. The minimum absolute atomic E-state index is 0.212. The van der Waals surface area contributed by atoms with Crippen LogP contribution in [0.1, 0.15) is 0 Å². The highest BCUT2D eigenvalue weighted by Gasteiger charge is 2.12. The number of fused-ring (bicyclic) bond motifs is 1. The van der Waals surface area contributed by atoms with Gasteiger partial charge in [-0.25, -0.2) is 23.7 Å². The number of halogens is 2. The van der Waals surface area contributed by atoms with E-state index in [2.05, 4.69) is 25.6 Å². The van der Waals surface area contributed by atoms with Crippen molar-refractivity contribution in [3.8, 4) is 5.75 Å². The van der Waals surface area contributed by atoms with Crippen molar-refractivity contribution in [2.75, 3.05) is 23.5 Å². The van der Waals surface area contributed by atoms with Gasteiger partial charge < -0.3 is 21.1 Å². The maximum Gasteiger partial charge on any atom is 0.189 e. The van der Waals surface area contributed by atoms with Gasteiger partial charge in [-0.15, -0.1) is 0 Å². The number of anilines is 5. The standard InChI is InChI=1S/C18H14F2N6OS/c1-27-10-3-5-13-14(7-10)28-18(25-13)26-17-15(21)16(22-8-23-17)24-9-2-4-11(19)12(20)6-9/h2-8H,21H2,1H3,(H2,22,23,24,25,26). The number of hydrogen-bond donors (Lipinski definition) is 3. The van der Waals surface area contributed by atoms with Gasteiger partial charge >= 0.3 is 0 Å². The molecule has 28 heavy (non-hydrogen) atoms. The SMILES string of the molecule is COc1ccc2nc(Nc3ncnc(Nc4ccc(F)c(F)c4)c3N)sc2c1. The van der Waals surface area contributed by atoms with Crippen LogP contribution in [0.15, 0.2) is 42.7 Å². The summed E-state index contributed by atoms with van der Waals surface area (Å²) in [6.07, 6.45) is 1.30. The summed E-state index contributed by atoms with van der Waals surface area (Å²) in [6.45, 7) is 0. The molecule has 0 aliphatic rings. The number of nitrogens with zero attached hydrogens (tertiary/aromatic N) is 3. The lowest BCUT2D eigenvalue weighted by Gasteiger charge is -2.11. The van der Waals surface area contributed by atoms with Crippen LogP contribution in [0.5, 0.6) is 5.75 Å². The molecule has 0 radical (unpaired) electrons. The van der Waals surface area contributed by atoms with Crippen molar-refractivity contribution in [1.29, 1.82) is 0 Å². The molecule has 0 aliphatic heterocycles. The van der Waals surface area contributed by atoms with Gasteiger partial charge in [0.2, 0.25) is 0 Å². The summed E-state index contributed by atoms with van der Waals surface area (Å²) in [4.78, 5) is 12.7. The van der Waals surface area contributed by atoms with Crippen LogP contribution in [0.4, 0.5) is 36.9 Å². The quantitative estimate of drug-likeness (QED) is 0.455. The van der Waals surface area contributed by atoms with Crippen molar-refractivity contribution in [3.63, 3.8) is 0 Å². The molecular weight excluding hydrogens is 386 g/mol. The summed E-state index contributed by atoms with van der Waals surface area (Å²) in [6, 6.07) is 8.99. The highest BCUT2D eigenvalue weighted by molar-refractivity contribution is 7.22. The molecule has 0 spiro atoms. The van der Waals surface area contributed by atoms with Gasteiger partial charge in [-0.3, -0.25) is 0 Å². The van der Waals surface area contributed by atoms with E-state index in [1.165, 1.54) is 23.7 Å². The molecule has 10 heteroatoms. The first kappa shape index (κ1) is 17.9. The van der Waals surface area contributed by atoms with Crippen molar-refractivity contribution in [2.24, 2.45) is 0 Å². The molecule has 0 fully saturated rings. The molecule has 7 nitrogen and oxygen atoms in total. The van der Waals surface area contributed by atoms with Crippen molar-refractivity contribution in [2.45, 2.75) is 0 Å². The Bertz CT molecular complexity index is 1170. The van der Waals surface area contributed by atoms with Gasteiger partial charge in [0.1, 0.15) is 17.8 Å². The van der Waals surface area contributed by atoms with E-state index in [-0.39, 0.29) is 11.5 Å². The maximum atomic E-state index is 13.4. The zero-order valence-electron chi connectivity index (χ0n) is 14.5. The Hall–Kier alpha value is -3.53. The number of aromatic nitrogens is 3. The summed E-state index contributed by atoms with van der Waals surface area (Å²) in [5.74, 6) is -0.573. The average Bonchev–Trinajstić information content (AvgIpc) is 3.09. The molecule has 0 atom stereocenters. The number of rotatable bonds is 5. The van der Waals surface area contributed by atoms with E-state index in [4.69, 9.17) is 10.5 Å². The van der Waals surface area contributed by atoms with Crippen LogP contribution in [-0.4, -0.2) is 22.1 Å². The monoisotopic (exact) mass is 400 g/mol. The molecule has 0 unspecified atom stereocenters. The third-order valence-electron chi connectivity index (χ3n) is 3.89. The number of hydrogen-bond acceptors (Lipinski definition) is 8. The zero-order chi connectivity index (χ0) is 19.7. The number of methoxy groups -OCH3 is 1. The predicted octanol–water partition coefficient (Wildman–Crippen LogP) is 4.44. The Balaban J connectivity index is 1.60. The molecule has 0 saturated carbocycles. The maximum absolute atomic E-state index is 13.4. The van der Waals surface area contributed by atoms with E-state index in [1.807, 2.05) is 18.2 Å². The van der Waals surface area contributed by atoms with E-state index >= 15 is 0 Å². The first-order chi connectivity index (χ1) is 13.5. The van der Waals surface area contributed by atoms with Crippen molar-refractivity contribution in [1.82, 2.24) is 15.0 Å². The van der Waals surface area contributed by atoms with Crippen LogP contribution >= 0.6 is 11.3 Å². The van der Waals surface area contributed by atoms with Gasteiger partial charge in [0.05, 0.1) is 17.3 Å². The van der Waals surface area contributed by atoms with Gasteiger partial charge in [-0.05, 0) is 30.3 Å². The van der Waals surface area contributed by atoms with E-state index in [0.29, 0.717) is 16.6 Å². The summed E-state index contributed by atoms with van der Waals surface area (Å²) < 4.78 is 32.6. The third-order valence-corrected chi connectivity index (χ3v) is 4.82. The number of nitrogens with one attached hydrogen (secondary N) is 2. The lowest BCUT2D eigenvalue weighted by molar-refractivity contribution is 0.415. The van der Waals surface area contributed by atoms with Crippen molar-refractivity contribution >= 4 is 49.7 Å². The summed E-state index contributed by atoms with van der Waals surface area (Å²) >= 11 is 1.41. The molecule has 142 valence electrons. The first-order valence-corrected chi connectivity index (χ1v) is 8.89. The summed E-state index contributed by atoms with van der Waals surface area (Å²) in [5, 5.41) is 6.50. The van der Waals surface area contributed by atoms with Gasteiger partial charge in [0, 0.05) is 11.8 Å². The van der Waals surface area contributed by atoms with Gasteiger partial charge in [-0.1, -0.05) is 11.3 Å². The van der Waals surface area contributed by atoms with Crippen molar-refractivity contribution < 1.29 is 13.5 Å². The summed E-state index contributed by atoms with van der Waals surface area (Å²) in [7, 11) is 1.60. The topological polar surface area (TPSA) is 98.0 Å². The van der Waals surface area contributed by atoms with Crippen LogP contribution in [0.2, 0.25) is 0 Å². The highest BCUT2D eigenvalue weighted by atomic mass is 32.1. The van der Waals surface area contributed by atoms with Crippen LogP contribution in [0.3, 0.4) is 0 Å². The molecule has 4 N–H and O–H groups in total. The lowest BCUT2D eigenvalue weighted by atomic mass is 10.3. The average molecular weight is 400 g/mol. The number of ether oxygens (including phenoxy) is 1. The Morgan fingerprint density at radius 2 is 1.79 bits per heavy atom. The molecule has 4 rings (SSSR count). The van der Waals surface area contributed by atoms with Crippen LogP contribution < -0.4 is 21.1 Å². The van der Waals surface area contributed by atoms with Crippen LogP contribution in [-0.2, 0) is 0 Å². The van der Waals surface area contributed by atoms with Gasteiger partial charge in [0.15, 0.2) is 28.4 Å². The van der Waals surface area contributed by atoms with E-state index < -0.39 is 11.6 Å². The molecule has 4 aromatic rings. The normalized spacial score (nSPS) is 10.8. The number of thiazole rings is 1. The first-order valence-electron chi connectivity index (χ1n) is 8.07. The molecule has 0 amide bonds. The second-order valence-corrected chi connectivity index (χ2v) is 6.75. The number of benzene rings is 2. The second-order valence-electron chi connectivity index (χ2n) is 5.72. The Morgan fingerprint density at radius 1 is 1.00 bits per heavy atom. The molecule has 0 aliphatic carbocycles. The minimum atomic E-state index is -0.971. The fraction of sp³-hybridized carbons (Fsp3) is 0.0556. The van der Waals surface area contributed by atoms with Crippen LogP contribution in [0, 0.1) is 11.6 Å².